The molecule has 1 saturated heterocycles. The van der Waals surface area contributed by atoms with Gasteiger partial charge >= 0.3 is 0 Å². The third kappa shape index (κ3) is 4.12. The number of aromatic nitrogens is 4. The van der Waals surface area contributed by atoms with E-state index in [0.717, 1.165) is 55.1 Å². The first-order valence-electron chi connectivity index (χ1n) is 11.1. The topological polar surface area (TPSA) is 87.2 Å². The minimum absolute atomic E-state index is 0.251. The molecule has 176 valence electrons. The van der Waals surface area contributed by atoms with Gasteiger partial charge in [-0.1, -0.05) is 6.92 Å². The maximum atomic E-state index is 13.5. The van der Waals surface area contributed by atoms with Crippen LogP contribution in [0.25, 0.3) is 33.7 Å². The number of aromatic amines is 1. The summed E-state index contributed by atoms with van der Waals surface area (Å²) in [6.07, 6.45) is 4.33. The molecule has 1 fully saturated rings. The molecule has 0 radical (unpaired) electrons. The average Bonchev–Trinajstić information content (AvgIpc) is 3.27. The van der Waals surface area contributed by atoms with Crippen LogP contribution in [0.15, 0.2) is 48.8 Å². The summed E-state index contributed by atoms with van der Waals surface area (Å²) in [5.74, 6) is -0.473. The fraction of sp³-hybridized carbons (Fsp3) is 0.320. The highest BCUT2D eigenvalue weighted by Crippen LogP contribution is 2.36. The molecule has 7 nitrogen and oxygen atoms in total. The predicted molar refractivity (Wildman–Crippen MR) is 125 cm³/mol. The molecule has 0 bridgehead atoms. The summed E-state index contributed by atoms with van der Waals surface area (Å²) in [5.41, 5.74) is 2.87. The molecule has 0 spiro atoms. The summed E-state index contributed by atoms with van der Waals surface area (Å²) in [4.78, 5) is 18.7. The van der Waals surface area contributed by atoms with E-state index in [9.17, 15) is 13.9 Å². The first-order valence-corrected chi connectivity index (χ1v) is 11.1. The number of rotatable bonds is 5. The van der Waals surface area contributed by atoms with Gasteiger partial charge in [-0.25, -0.2) is 18.7 Å². The zero-order valence-corrected chi connectivity index (χ0v) is 18.9. The van der Waals surface area contributed by atoms with Crippen LogP contribution in [-0.2, 0) is 4.74 Å². The third-order valence-corrected chi connectivity index (χ3v) is 6.65. The van der Waals surface area contributed by atoms with Crippen LogP contribution in [-0.4, -0.2) is 51.5 Å². The predicted octanol–water partition coefficient (Wildman–Crippen LogP) is 4.54. The number of nitrogens with one attached hydrogen (secondary N) is 1. The van der Waals surface area contributed by atoms with Crippen molar-refractivity contribution in [2.24, 2.45) is 5.41 Å². The lowest BCUT2D eigenvalue weighted by molar-refractivity contribution is -0.158. The Bertz CT molecular complexity index is 1260. The highest BCUT2D eigenvalue weighted by atomic mass is 19.2. The van der Waals surface area contributed by atoms with Crippen molar-refractivity contribution in [1.82, 2.24) is 19.9 Å². The number of imidazole rings is 1. The van der Waals surface area contributed by atoms with Gasteiger partial charge in [0.1, 0.15) is 11.6 Å². The summed E-state index contributed by atoms with van der Waals surface area (Å²) >= 11 is 0. The number of anilines is 1. The van der Waals surface area contributed by atoms with E-state index in [-0.39, 0.29) is 5.41 Å². The molecule has 1 aromatic carbocycles. The van der Waals surface area contributed by atoms with Crippen molar-refractivity contribution < 1.29 is 18.6 Å². The Morgan fingerprint density at radius 2 is 1.74 bits per heavy atom. The Morgan fingerprint density at radius 1 is 1.03 bits per heavy atom. The Labute approximate surface area is 195 Å². The van der Waals surface area contributed by atoms with E-state index in [4.69, 9.17) is 4.74 Å². The van der Waals surface area contributed by atoms with Crippen LogP contribution >= 0.6 is 0 Å². The van der Waals surface area contributed by atoms with Gasteiger partial charge in [0.25, 0.3) is 0 Å². The van der Waals surface area contributed by atoms with Crippen LogP contribution < -0.4 is 4.90 Å². The van der Waals surface area contributed by atoms with Crippen molar-refractivity contribution in [1.29, 1.82) is 0 Å². The molecule has 4 aromatic rings. The fourth-order valence-electron chi connectivity index (χ4n) is 4.35. The van der Waals surface area contributed by atoms with Crippen LogP contribution in [0, 0.1) is 17.0 Å². The number of ether oxygens (including phenoxy) is 1. The molecular weight excluding hydrogens is 440 g/mol. The van der Waals surface area contributed by atoms with Gasteiger partial charge in [0.2, 0.25) is 0 Å². The summed E-state index contributed by atoms with van der Waals surface area (Å²) in [7, 11) is 1.53. The summed E-state index contributed by atoms with van der Waals surface area (Å²) < 4.78 is 32.1. The van der Waals surface area contributed by atoms with Crippen LogP contribution in [0.3, 0.4) is 0 Å². The Hall–Kier alpha value is -3.43. The van der Waals surface area contributed by atoms with Crippen molar-refractivity contribution in [3.63, 3.8) is 0 Å². The maximum absolute atomic E-state index is 13.5. The first-order chi connectivity index (χ1) is 16.4. The Balaban J connectivity index is 1.29. The number of hydrogen-bond donors (Lipinski definition) is 2. The number of nitrogens with zero attached hydrogens (tertiary/aromatic N) is 4. The second-order valence-corrected chi connectivity index (χ2v) is 8.94. The number of piperidine rings is 1. The van der Waals surface area contributed by atoms with Crippen LogP contribution in [0.4, 0.5) is 14.6 Å². The number of aliphatic hydroxyl groups excluding tert-OH is 1. The quantitative estimate of drug-likeness (QED) is 0.421. The number of benzene rings is 1. The minimum atomic E-state index is -0.930. The number of methoxy groups -OCH3 is 1. The number of H-pyrrole nitrogens is 1. The van der Waals surface area contributed by atoms with Crippen LogP contribution in [0.2, 0.25) is 0 Å². The number of aliphatic hydroxyl groups is 1. The van der Waals surface area contributed by atoms with E-state index in [1.165, 1.54) is 7.11 Å². The molecular formula is C25H25F2N5O2. The molecule has 1 unspecified atom stereocenters. The number of pyridine rings is 2. The molecule has 0 aliphatic carbocycles. The largest absolute Gasteiger partial charge is 0.368 e. The molecule has 3 aromatic heterocycles. The Kier molecular flexibility index (Phi) is 5.75. The highest BCUT2D eigenvalue weighted by molar-refractivity contribution is 5.79. The van der Waals surface area contributed by atoms with Gasteiger partial charge in [0.15, 0.2) is 17.9 Å². The zero-order valence-electron chi connectivity index (χ0n) is 18.9. The molecule has 1 aliphatic rings. The lowest BCUT2D eigenvalue weighted by Crippen LogP contribution is -2.45. The van der Waals surface area contributed by atoms with Crippen molar-refractivity contribution in [2.45, 2.75) is 26.1 Å². The molecule has 0 amide bonds. The van der Waals surface area contributed by atoms with Crippen molar-refractivity contribution >= 4 is 16.9 Å². The van der Waals surface area contributed by atoms with E-state index in [1.807, 2.05) is 31.2 Å². The van der Waals surface area contributed by atoms with E-state index >= 15 is 0 Å². The molecule has 2 N–H and O–H groups in total. The first kappa shape index (κ1) is 22.4. The second kappa shape index (κ2) is 8.73. The van der Waals surface area contributed by atoms with Gasteiger partial charge in [-0.15, -0.1) is 0 Å². The van der Waals surface area contributed by atoms with Crippen LogP contribution in [0.5, 0.6) is 0 Å². The summed E-state index contributed by atoms with van der Waals surface area (Å²) in [6.45, 7) is 3.63. The minimum Gasteiger partial charge on any atom is -0.368 e. The molecule has 9 heteroatoms. The molecule has 0 saturated carbocycles. The fourth-order valence-corrected chi connectivity index (χ4v) is 4.35. The molecule has 1 aliphatic heterocycles. The number of hydrogen-bond acceptors (Lipinski definition) is 6. The molecule has 4 heterocycles. The maximum Gasteiger partial charge on any atom is 0.161 e. The van der Waals surface area contributed by atoms with E-state index in [0.29, 0.717) is 22.4 Å². The normalized spacial score (nSPS) is 16.7. The number of fused-ring (bicyclic) bond motifs is 1. The highest BCUT2D eigenvalue weighted by Gasteiger charge is 2.37. The molecule has 5 rings (SSSR count). The van der Waals surface area contributed by atoms with Gasteiger partial charge in [-0.2, -0.15) is 0 Å². The van der Waals surface area contributed by atoms with Crippen molar-refractivity contribution in [3.05, 3.63) is 60.4 Å². The summed E-state index contributed by atoms with van der Waals surface area (Å²) in [5, 5.41) is 10.1. The smallest absolute Gasteiger partial charge is 0.161 e. The SMILES string of the molecule is COC(O)C1(C)CCN(c2ccc(-c3ccc(-c4nc5cc(F)c(F)cc5[nH]4)cn3)cn2)CC1. The number of halogens is 2. The lowest BCUT2D eigenvalue weighted by Gasteiger charge is -2.41. The van der Waals surface area contributed by atoms with Gasteiger partial charge in [0, 0.05) is 61.3 Å². The third-order valence-electron chi connectivity index (χ3n) is 6.65. The van der Waals surface area contributed by atoms with Gasteiger partial charge in [-0.3, -0.25) is 4.98 Å². The van der Waals surface area contributed by atoms with Gasteiger partial charge in [0.05, 0.1) is 16.7 Å². The zero-order chi connectivity index (χ0) is 23.9. The monoisotopic (exact) mass is 465 g/mol. The average molecular weight is 466 g/mol. The molecule has 1 atom stereocenters. The van der Waals surface area contributed by atoms with Gasteiger partial charge in [-0.05, 0) is 37.1 Å². The van der Waals surface area contributed by atoms with E-state index in [1.54, 1.807) is 12.4 Å². The van der Waals surface area contributed by atoms with Crippen LogP contribution in [0.1, 0.15) is 19.8 Å². The summed E-state index contributed by atoms with van der Waals surface area (Å²) in [6, 6.07) is 9.84. The Morgan fingerprint density at radius 3 is 2.38 bits per heavy atom. The van der Waals surface area contributed by atoms with Crippen molar-refractivity contribution in [3.8, 4) is 22.6 Å². The van der Waals surface area contributed by atoms with Gasteiger partial charge < -0.3 is 19.7 Å². The van der Waals surface area contributed by atoms with E-state index < -0.39 is 17.9 Å². The second-order valence-electron chi connectivity index (χ2n) is 8.94. The standard InChI is InChI=1S/C25H25F2N5O2/c1-25(24(33)34-2)7-9-32(10-8-25)22-6-4-15(13-29-22)19-5-3-16(14-28-19)23-30-20-11-17(26)18(27)12-21(20)31-23/h3-6,11-14,24,33H,7-10H2,1-2H3,(H,30,31). The van der Waals surface area contributed by atoms with E-state index in [2.05, 4.69) is 24.8 Å². The lowest BCUT2D eigenvalue weighted by atomic mass is 9.79. The molecule has 34 heavy (non-hydrogen) atoms. The van der Waals surface area contributed by atoms with Crippen molar-refractivity contribution in [2.75, 3.05) is 25.1 Å².